The third-order valence-electron chi connectivity index (χ3n) is 4.34. The summed E-state index contributed by atoms with van der Waals surface area (Å²) in [5.41, 5.74) is 5.79. The van der Waals surface area contributed by atoms with E-state index >= 15 is 0 Å². The van der Waals surface area contributed by atoms with Crippen molar-refractivity contribution < 1.29 is 0 Å². The Bertz CT molecular complexity index is 577. The average Bonchev–Trinajstić information content (AvgIpc) is 2.56. The Kier molecular flexibility index (Phi) is 4.66. The minimum Gasteiger partial charge on any atom is -0.306 e. The number of pyridine rings is 1. The molecule has 1 aromatic carbocycles. The molecule has 2 aromatic rings. The Morgan fingerprint density at radius 1 is 1.00 bits per heavy atom. The molecule has 0 fully saturated rings. The molecule has 0 amide bonds. The number of aryl methyl sites for hydroxylation is 2. The summed E-state index contributed by atoms with van der Waals surface area (Å²) < 4.78 is 0. The zero-order valence-corrected chi connectivity index (χ0v) is 12.8. The van der Waals surface area contributed by atoms with Crippen molar-refractivity contribution >= 4 is 0 Å². The number of benzene rings is 1. The molecule has 1 heterocycles. The smallest absolute Gasteiger partial charge is 0.0577 e. The fourth-order valence-electron chi connectivity index (χ4n) is 3.21. The fraction of sp³-hybridized carbons (Fsp3) is 0.421. The van der Waals surface area contributed by atoms with Gasteiger partial charge in [0, 0.05) is 12.4 Å². The topological polar surface area (TPSA) is 24.9 Å². The van der Waals surface area contributed by atoms with Crippen LogP contribution in [0.25, 0.3) is 0 Å². The van der Waals surface area contributed by atoms with Gasteiger partial charge in [-0.1, -0.05) is 25.1 Å². The molecule has 1 aliphatic carbocycles. The van der Waals surface area contributed by atoms with Crippen molar-refractivity contribution in [2.75, 3.05) is 6.54 Å². The van der Waals surface area contributed by atoms with E-state index in [1.807, 2.05) is 12.4 Å². The maximum absolute atomic E-state index is 4.14. The summed E-state index contributed by atoms with van der Waals surface area (Å²) in [6, 6.07) is 11.6. The van der Waals surface area contributed by atoms with Gasteiger partial charge in [-0.2, -0.15) is 0 Å². The average molecular weight is 280 g/mol. The van der Waals surface area contributed by atoms with Crippen LogP contribution in [0.1, 0.15) is 54.5 Å². The van der Waals surface area contributed by atoms with Crippen LogP contribution in [0.15, 0.2) is 42.7 Å². The van der Waals surface area contributed by atoms with Gasteiger partial charge < -0.3 is 5.32 Å². The van der Waals surface area contributed by atoms with Crippen molar-refractivity contribution in [1.29, 1.82) is 0 Å². The molecule has 0 saturated heterocycles. The van der Waals surface area contributed by atoms with Gasteiger partial charge in [0.05, 0.1) is 6.04 Å². The van der Waals surface area contributed by atoms with Crippen molar-refractivity contribution in [1.82, 2.24) is 10.3 Å². The predicted molar refractivity (Wildman–Crippen MR) is 87.5 cm³/mol. The summed E-state index contributed by atoms with van der Waals surface area (Å²) in [5, 5.41) is 3.68. The van der Waals surface area contributed by atoms with Gasteiger partial charge in [0.15, 0.2) is 0 Å². The quantitative estimate of drug-likeness (QED) is 0.893. The maximum atomic E-state index is 4.14. The van der Waals surface area contributed by atoms with Crippen molar-refractivity contribution in [2.24, 2.45) is 0 Å². The van der Waals surface area contributed by atoms with E-state index in [-0.39, 0.29) is 6.04 Å². The van der Waals surface area contributed by atoms with Gasteiger partial charge in [-0.25, -0.2) is 0 Å². The number of hydrogen-bond acceptors (Lipinski definition) is 2. The summed E-state index contributed by atoms with van der Waals surface area (Å²) in [4.78, 5) is 4.14. The lowest BCUT2D eigenvalue weighted by Crippen LogP contribution is -2.23. The lowest BCUT2D eigenvalue weighted by atomic mass is 9.88. The Morgan fingerprint density at radius 3 is 2.52 bits per heavy atom. The Labute approximate surface area is 127 Å². The molecule has 0 saturated carbocycles. The second kappa shape index (κ2) is 6.86. The summed E-state index contributed by atoms with van der Waals surface area (Å²) >= 11 is 0. The van der Waals surface area contributed by atoms with Crippen molar-refractivity contribution in [3.8, 4) is 0 Å². The zero-order chi connectivity index (χ0) is 14.5. The van der Waals surface area contributed by atoms with E-state index in [4.69, 9.17) is 0 Å². The molecule has 1 aromatic heterocycles. The van der Waals surface area contributed by atoms with Crippen molar-refractivity contribution in [3.05, 3.63) is 65.0 Å². The molecular weight excluding hydrogens is 256 g/mol. The first kappa shape index (κ1) is 14.3. The van der Waals surface area contributed by atoms with E-state index in [9.17, 15) is 0 Å². The zero-order valence-electron chi connectivity index (χ0n) is 12.8. The van der Waals surface area contributed by atoms with Crippen molar-refractivity contribution in [2.45, 2.75) is 45.1 Å². The molecule has 0 radical (unpaired) electrons. The number of hydrogen-bond donors (Lipinski definition) is 1. The van der Waals surface area contributed by atoms with Gasteiger partial charge in [-0.3, -0.25) is 4.98 Å². The molecule has 2 nitrogen and oxygen atoms in total. The number of rotatable bonds is 5. The molecule has 3 rings (SSSR count). The van der Waals surface area contributed by atoms with Crippen LogP contribution in [0.3, 0.4) is 0 Å². The Morgan fingerprint density at radius 2 is 1.76 bits per heavy atom. The molecule has 1 atom stereocenters. The first-order valence-electron chi connectivity index (χ1n) is 8.13. The van der Waals surface area contributed by atoms with Crippen LogP contribution in [-0.2, 0) is 12.8 Å². The number of aromatic nitrogens is 1. The van der Waals surface area contributed by atoms with E-state index in [1.54, 1.807) is 11.1 Å². The van der Waals surface area contributed by atoms with Crippen LogP contribution in [-0.4, -0.2) is 11.5 Å². The Hall–Kier alpha value is -1.67. The highest BCUT2D eigenvalue weighted by atomic mass is 14.9. The molecule has 0 aliphatic heterocycles. The van der Waals surface area contributed by atoms with E-state index < -0.39 is 0 Å². The molecule has 2 heteroatoms. The third-order valence-corrected chi connectivity index (χ3v) is 4.34. The normalized spacial score (nSPS) is 15.5. The first-order chi connectivity index (χ1) is 10.4. The van der Waals surface area contributed by atoms with Gasteiger partial charge in [0.25, 0.3) is 0 Å². The molecule has 110 valence electrons. The van der Waals surface area contributed by atoms with E-state index in [1.165, 1.54) is 36.8 Å². The minimum atomic E-state index is 0.278. The maximum Gasteiger partial charge on any atom is 0.0577 e. The number of fused-ring (bicyclic) bond motifs is 1. The SMILES string of the molecule is CCCNC(c1ccncc1)c1ccc2c(c1)CCCC2. The standard InChI is InChI=1S/C19H24N2/c1-2-11-21-19(16-9-12-20-13-10-16)18-8-7-15-5-3-4-6-17(15)14-18/h7-10,12-14,19,21H,2-6,11H2,1H3. The Balaban J connectivity index is 1.92. The summed E-state index contributed by atoms with van der Waals surface area (Å²) in [7, 11) is 0. The summed E-state index contributed by atoms with van der Waals surface area (Å²) in [6.07, 6.45) is 10.1. The largest absolute Gasteiger partial charge is 0.306 e. The highest BCUT2D eigenvalue weighted by molar-refractivity contribution is 5.38. The van der Waals surface area contributed by atoms with E-state index in [0.717, 1.165) is 13.0 Å². The minimum absolute atomic E-state index is 0.278. The van der Waals surface area contributed by atoms with Gasteiger partial charge in [0.1, 0.15) is 0 Å². The monoisotopic (exact) mass is 280 g/mol. The highest BCUT2D eigenvalue weighted by Crippen LogP contribution is 2.27. The molecule has 1 aliphatic rings. The van der Waals surface area contributed by atoms with Crippen LogP contribution in [0.4, 0.5) is 0 Å². The van der Waals surface area contributed by atoms with Crippen LogP contribution < -0.4 is 5.32 Å². The van der Waals surface area contributed by atoms with Gasteiger partial charge in [0.2, 0.25) is 0 Å². The second-order valence-corrected chi connectivity index (χ2v) is 5.90. The third kappa shape index (κ3) is 3.33. The molecule has 21 heavy (non-hydrogen) atoms. The summed E-state index contributed by atoms with van der Waals surface area (Å²) in [6.45, 7) is 3.24. The molecule has 0 bridgehead atoms. The van der Waals surface area contributed by atoms with Crippen LogP contribution in [0.5, 0.6) is 0 Å². The second-order valence-electron chi connectivity index (χ2n) is 5.90. The van der Waals surface area contributed by atoms with Crippen LogP contribution >= 0.6 is 0 Å². The molecular formula is C19H24N2. The van der Waals surface area contributed by atoms with E-state index in [0.29, 0.717) is 0 Å². The van der Waals surface area contributed by atoms with Crippen LogP contribution in [0, 0.1) is 0 Å². The molecule has 1 unspecified atom stereocenters. The first-order valence-corrected chi connectivity index (χ1v) is 8.13. The highest BCUT2D eigenvalue weighted by Gasteiger charge is 2.16. The fourth-order valence-corrected chi connectivity index (χ4v) is 3.21. The van der Waals surface area contributed by atoms with E-state index in [2.05, 4.69) is 47.6 Å². The van der Waals surface area contributed by atoms with Gasteiger partial charge >= 0.3 is 0 Å². The van der Waals surface area contributed by atoms with Crippen LogP contribution in [0.2, 0.25) is 0 Å². The van der Waals surface area contributed by atoms with Gasteiger partial charge in [-0.15, -0.1) is 0 Å². The number of nitrogens with zero attached hydrogens (tertiary/aromatic N) is 1. The van der Waals surface area contributed by atoms with Crippen molar-refractivity contribution in [3.63, 3.8) is 0 Å². The lowest BCUT2D eigenvalue weighted by molar-refractivity contribution is 0.595. The summed E-state index contributed by atoms with van der Waals surface area (Å²) in [5.74, 6) is 0. The lowest BCUT2D eigenvalue weighted by Gasteiger charge is -2.23. The molecule has 1 N–H and O–H groups in total. The molecule has 0 spiro atoms. The number of nitrogens with one attached hydrogen (secondary N) is 1. The van der Waals surface area contributed by atoms with Gasteiger partial charge in [-0.05, 0) is 73.0 Å². The predicted octanol–water partition coefficient (Wildman–Crippen LogP) is 4.05.